The number of nitrogens with zero attached hydrogens (tertiary/aromatic N) is 3. The van der Waals surface area contributed by atoms with E-state index in [9.17, 15) is 14.9 Å². The minimum Gasteiger partial charge on any atom is -0.460 e. The molecule has 3 rings (SSSR count). The van der Waals surface area contributed by atoms with Crippen LogP contribution < -0.4 is 0 Å². The van der Waals surface area contributed by atoms with Gasteiger partial charge in [0.05, 0.1) is 11.5 Å². The summed E-state index contributed by atoms with van der Waals surface area (Å²) in [5.74, 6) is 1.00. The van der Waals surface area contributed by atoms with Crippen LogP contribution in [-0.4, -0.2) is 20.5 Å². The van der Waals surface area contributed by atoms with Crippen LogP contribution >= 0.6 is 0 Å². The fourth-order valence-corrected chi connectivity index (χ4v) is 2.31. The Kier molecular flexibility index (Phi) is 4.56. The van der Waals surface area contributed by atoms with Gasteiger partial charge in [-0.3, -0.25) is 19.6 Å². The maximum atomic E-state index is 12.1. The van der Waals surface area contributed by atoms with Crippen LogP contribution in [0, 0.1) is 17.0 Å². The minimum absolute atomic E-state index is 0.0737. The first kappa shape index (κ1) is 16.4. The fraction of sp³-hybridized carbons (Fsp3) is 0.111. The van der Waals surface area contributed by atoms with E-state index in [1.54, 1.807) is 24.3 Å². The lowest BCUT2D eigenvalue weighted by Crippen LogP contribution is -1.98. The third-order valence-corrected chi connectivity index (χ3v) is 3.53. The third kappa shape index (κ3) is 4.08. The summed E-state index contributed by atoms with van der Waals surface area (Å²) in [5.41, 5.74) is 1.56. The topological polar surface area (TPSA) is 91.2 Å². The molecule has 0 unspecified atom stereocenters. The summed E-state index contributed by atoms with van der Waals surface area (Å²) in [7, 11) is 0. The Morgan fingerprint density at radius 2 is 2.20 bits per heavy atom. The van der Waals surface area contributed by atoms with Crippen molar-refractivity contribution in [3.63, 3.8) is 0 Å². The molecule has 0 aliphatic carbocycles. The third-order valence-electron chi connectivity index (χ3n) is 3.53. The summed E-state index contributed by atoms with van der Waals surface area (Å²) in [5, 5.41) is 14.6. The predicted molar refractivity (Wildman–Crippen MR) is 91.2 cm³/mol. The molecule has 0 aliphatic heterocycles. The normalized spacial score (nSPS) is 11.1. The summed E-state index contributed by atoms with van der Waals surface area (Å²) in [6.07, 6.45) is 5.57. The van der Waals surface area contributed by atoms with Gasteiger partial charge in [0.15, 0.2) is 5.78 Å². The van der Waals surface area contributed by atoms with E-state index in [2.05, 4.69) is 5.10 Å². The number of nitro groups is 1. The monoisotopic (exact) mass is 337 g/mol. The molecule has 0 saturated carbocycles. The number of furan rings is 1. The number of carbonyl (C=O) groups is 1. The van der Waals surface area contributed by atoms with Crippen molar-refractivity contribution in [3.8, 4) is 0 Å². The Labute approximate surface area is 143 Å². The quantitative estimate of drug-likeness (QED) is 0.296. The van der Waals surface area contributed by atoms with Gasteiger partial charge in [-0.2, -0.15) is 5.10 Å². The molecule has 0 spiro atoms. The molecule has 0 atom stereocenters. The summed E-state index contributed by atoms with van der Waals surface area (Å²) in [6.45, 7) is 2.20. The molecule has 3 aromatic rings. The van der Waals surface area contributed by atoms with Crippen LogP contribution in [-0.2, 0) is 6.54 Å². The fourth-order valence-electron chi connectivity index (χ4n) is 2.31. The van der Waals surface area contributed by atoms with Gasteiger partial charge in [0, 0.05) is 5.56 Å². The van der Waals surface area contributed by atoms with Gasteiger partial charge < -0.3 is 4.42 Å². The second-order valence-corrected chi connectivity index (χ2v) is 5.52. The Morgan fingerprint density at radius 3 is 2.92 bits per heavy atom. The molecule has 25 heavy (non-hydrogen) atoms. The highest BCUT2D eigenvalue weighted by molar-refractivity contribution is 6.06. The first-order valence-corrected chi connectivity index (χ1v) is 7.56. The van der Waals surface area contributed by atoms with Gasteiger partial charge in [0.2, 0.25) is 0 Å². The molecule has 0 aliphatic rings. The Bertz CT molecular complexity index is 953. The average molecular weight is 337 g/mol. The van der Waals surface area contributed by atoms with Crippen LogP contribution in [0.3, 0.4) is 0 Å². The van der Waals surface area contributed by atoms with Crippen molar-refractivity contribution in [2.75, 3.05) is 0 Å². The lowest BCUT2D eigenvalue weighted by molar-refractivity contribution is -0.385. The van der Waals surface area contributed by atoms with Crippen LogP contribution in [0.5, 0.6) is 0 Å². The number of ketones is 1. The molecule has 0 radical (unpaired) electrons. The zero-order chi connectivity index (χ0) is 17.8. The molecule has 2 aromatic heterocycles. The summed E-state index contributed by atoms with van der Waals surface area (Å²) in [4.78, 5) is 22.3. The predicted octanol–water partition coefficient (Wildman–Crippen LogP) is 3.64. The highest BCUT2D eigenvalue weighted by atomic mass is 16.6. The van der Waals surface area contributed by atoms with Crippen LogP contribution in [0.1, 0.15) is 27.4 Å². The van der Waals surface area contributed by atoms with E-state index in [1.165, 1.54) is 23.2 Å². The number of aryl methyl sites for hydroxylation is 1. The molecular formula is C18H15N3O4. The Hall–Kier alpha value is -3.48. The van der Waals surface area contributed by atoms with E-state index < -0.39 is 4.92 Å². The van der Waals surface area contributed by atoms with Crippen LogP contribution in [0.15, 0.2) is 59.3 Å². The highest BCUT2D eigenvalue weighted by Crippen LogP contribution is 2.14. The van der Waals surface area contributed by atoms with Crippen molar-refractivity contribution in [1.29, 1.82) is 0 Å². The molecule has 0 N–H and O–H groups in total. The lowest BCUT2D eigenvalue weighted by atomic mass is 10.1. The Morgan fingerprint density at radius 1 is 1.36 bits per heavy atom. The van der Waals surface area contributed by atoms with Gasteiger partial charge in [-0.15, -0.1) is 0 Å². The van der Waals surface area contributed by atoms with E-state index >= 15 is 0 Å². The van der Waals surface area contributed by atoms with E-state index in [0.717, 1.165) is 5.56 Å². The van der Waals surface area contributed by atoms with Crippen molar-refractivity contribution in [2.24, 2.45) is 0 Å². The molecule has 126 valence electrons. The maximum absolute atomic E-state index is 12.1. The summed E-state index contributed by atoms with van der Waals surface area (Å²) in [6, 6.07) is 10.8. The standard InChI is InChI=1S/C18H15N3O4/c1-13-3-2-4-14(9-13)18(22)8-7-16-5-6-17(25-16)12-20-11-15(10-19-20)21(23)24/h2-11H,12H2,1H3/b8-7+. The second-order valence-electron chi connectivity index (χ2n) is 5.52. The Balaban J connectivity index is 1.66. The first-order valence-electron chi connectivity index (χ1n) is 7.56. The number of rotatable bonds is 6. The van der Waals surface area contributed by atoms with Crippen molar-refractivity contribution >= 4 is 17.5 Å². The largest absolute Gasteiger partial charge is 0.460 e. The van der Waals surface area contributed by atoms with Gasteiger partial charge in [-0.05, 0) is 37.3 Å². The number of allylic oxidation sites excluding steroid dienone is 1. The van der Waals surface area contributed by atoms with Crippen molar-refractivity contribution in [3.05, 3.63) is 87.6 Å². The van der Waals surface area contributed by atoms with E-state index in [4.69, 9.17) is 4.42 Å². The van der Waals surface area contributed by atoms with Gasteiger partial charge in [0.25, 0.3) is 0 Å². The van der Waals surface area contributed by atoms with Gasteiger partial charge in [0.1, 0.15) is 23.9 Å². The molecule has 2 heterocycles. The van der Waals surface area contributed by atoms with Gasteiger partial charge in [-0.1, -0.05) is 23.8 Å². The van der Waals surface area contributed by atoms with E-state index in [0.29, 0.717) is 17.1 Å². The number of hydrogen-bond donors (Lipinski definition) is 0. The first-order chi connectivity index (χ1) is 12.0. The zero-order valence-electron chi connectivity index (χ0n) is 13.5. The molecule has 0 amide bonds. The average Bonchev–Trinajstić information content (AvgIpc) is 3.22. The molecule has 7 nitrogen and oxygen atoms in total. The number of benzene rings is 1. The molecule has 1 aromatic carbocycles. The van der Waals surface area contributed by atoms with Crippen molar-refractivity contribution < 1.29 is 14.1 Å². The number of hydrogen-bond acceptors (Lipinski definition) is 5. The lowest BCUT2D eigenvalue weighted by Gasteiger charge is -1.97. The SMILES string of the molecule is Cc1cccc(C(=O)/C=C/c2ccc(Cn3cc([N+](=O)[O-])cn3)o2)c1. The van der Waals surface area contributed by atoms with Crippen molar-refractivity contribution in [1.82, 2.24) is 9.78 Å². The number of aromatic nitrogens is 2. The minimum atomic E-state index is -0.503. The van der Waals surface area contributed by atoms with Crippen molar-refractivity contribution in [2.45, 2.75) is 13.5 Å². The second kappa shape index (κ2) is 6.96. The van der Waals surface area contributed by atoms with E-state index in [1.807, 2.05) is 25.1 Å². The smallest absolute Gasteiger partial charge is 0.307 e. The van der Waals surface area contributed by atoms with Crippen LogP contribution in [0.2, 0.25) is 0 Å². The molecule has 0 bridgehead atoms. The van der Waals surface area contributed by atoms with Crippen LogP contribution in [0.4, 0.5) is 5.69 Å². The zero-order valence-corrected chi connectivity index (χ0v) is 13.5. The van der Waals surface area contributed by atoms with Gasteiger partial charge in [-0.25, -0.2) is 0 Å². The highest BCUT2D eigenvalue weighted by Gasteiger charge is 2.10. The molecule has 7 heteroatoms. The summed E-state index contributed by atoms with van der Waals surface area (Å²) >= 11 is 0. The van der Waals surface area contributed by atoms with E-state index in [-0.39, 0.29) is 18.0 Å². The molecular weight excluding hydrogens is 322 g/mol. The summed E-state index contributed by atoms with van der Waals surface area (Å²) < 4.78 is 7.02. The van der Waals surface area contributed by atoms with Gasteiger partial charge >= 0.3 is 5.69 Å². The maximum Gasteiger partial charge on any atom is 0.307 e. The number of carbonyl (C=O) groups excluding carboxylic acids is 1. The van der Waals surface area contributed by atoms with Crippen LogP contribution in [0.25, 0.3) is 6.08 Å². The molecule has 0 saturated heterocycles. The molecule has 0 fully saturated rings.